The minimum atomic E-state index is -0.102. The van der Waals surface area contributed by atoms with Gasteiger partial charge in [-0.2, -0.15) is 0 Å². The van der Waals surface area contributed by atoms with Crippen LogP contribution >= 0.6 is 0 Å². The summed E-state index contributed by atoms with van der Waals surface area (Å²) in [7, 11) is 0. The van der Waals surface area contributed by atoms with Gasteiger partial charge in [0.1, 0.15) is 0 Å². The number of aromatic nitrogens is 2. The van der Waals surface area contributed by atoms with Crippen LogP contribution in [-0.2, 0) is 17.9 Å². The molecule has 1 aromatic heterocycles. The highest BCUT2D eigenvalue weighted by Crippen LogP contribution is 2.33. The Morgan fingerprint density at radius 1 is 1.39 bits per heavy atom. The SMILES string of the molecule is CC(=O)Nc1cc2c3c(c1)[nH]c(=O)n3C[C@H](C)N(CC1CC1)C2. The zero-order chi connectivity index (χ0) is 16.1. The van der Waals surface area contributed by atoms with E-state index in [-0.39, 0.29) is 11.6 Å². The smallest absolute Gasteiger partial charge is 0.326 e. The molecule has 1 aliphatic heterocycles. The molecule has 4 rings (SSSR count). The van der Waals surface area contributed by atoms with E-state index in [1.165, 1.54) is 19.8 Å². The second-order valence-electron chi connectivity index (χ2n) is 6.98. The van der Waals surface area contributed by atoms with E-state index < -0.39 is 0 Å². The molecule has 1 atom stereocenters. The predicted molar refractivity (Wildman–Crippen MR) is 89.5 cm³/mol. The van der Waals surface area contributed by atoms with Gasteiger partial charge in [0.05, 0.1) is 11.0 Å². The van der Waals surface area contributed by atoms with Crippen LogP contribution in [0.15, 0.2) is 16.9 Å². The molecule has 6 nitrogen and oxygen atoms in total. The van der Waals surface area contributed by atoms with Gasteiger partial charge in [-0.15, -0.1) is 0 Å². The van der Waals surface area contributed by atoms with Gasteiger partial charge in [-0.3, -0.25) is 14.3 Å². The first-order chi connectivity index (χ1) is 11.0. The highest BCUT2D eigenvalue weighted by Gasteiger charge is 2.30. The van der Waals surface area contributed by atoms with E-state index in [0.29, 0.717) is 12.6 Å². The fourth-order valence-electron chi connectivity index (χ4n) is 3.59. The number of hydrogen-bond donors (Lipinski definition) is 2. The zero-order valence-corrected chi connectivity index (χ0v) is 13.6. The molecule has 1 aromatic carbocycles. The van der Waals surface area contributed by atoms with E-state index in [1.807, 2.05) is 16.7 Å². The second-order valence-corrected chi connectivity index (χ2v) is 6.98. The van der Waals surface area contributed by atoms with Crippen LogP contribution in [0.3, 0.4) is 0 Å². The van der Waals surface area contributed by atoms with Crippen LogP contribution < -0.4 is 11.0 Å². The molecule has 1 aliphatic carbocycles. The van der Waals surface area contributed by atoms with Gasteiger partial charge < -0.3 is 10.3 Å². The second kappa shape index (κ2) is 5.23. The fourth-order valence-corrected chi connectivity index (χ4v) is 3.59. The molecule has 2 aromatic rings. The monoisotopic (exact) mass is 314 g/mol. The van der Waals surface area contributed by atoms with Crippen LogP contribution in [0.25, 0.3) is 11.0 Å². The summed E-state index contributed by atoms with van der Waals surface area (Å²) in [6.45, 7) is 6.30. The molecule has 23 heavy (non-hydrogen) atoms. The lowest BCUT2D eigenvalue weighted by Gasteiger charge is -2.27. The summed E-state index contributed by atoms with van der Waals surface area (Å²) in [6, 6.07) is 4.18. The van der Waals surface area contributed by atoms with Crippen molar-refractivity contribution in [1.29, 1.82) is 0 Å². The number of aromatic amines is 1. The lowest BCUT2D eigenvalue weighted by molar-refractivity contribution is -0.114. The summed E-state index contributed by atoms with van der Waals surface area (Å²) in [5.74, 6) is 0.706. The molecule has 0 saturated heterocycles. The van der Waals surface area contributed by atoms with Crippen molar-refractivity contribution >= 4 is 22.6 Å². The zero-order valence-electron chi connectivity index (χ0n) is 13.6. The van der Waals surface area contributed by atoms with Crippen molar-refractivity contribution in [2.45, 2.75) is 45.8 Å². The Labute approximate surface area is 134 Å². The molecular weight excluding hydrogens is 292 g/mol. The van der Waals surface area contributed by atoms with Gasteiger partial charge in [0, 0.05) is 38.3 Å². The van der Waals surface area contributed by atoms with Gasteiger partial charge in [0.2, 0.25) is 5.91 Å². The number of imidazole rings is 1. The summed E-state index contributed by atoms with van der Waals surface area (Å²) in [6.07, 6.45) is 2.63. The number of nitrogens with one attached hydrogen (secondary N) is 2. The van der Waals surface area contributed by atoms with Crippen molar-refractivity contribution in [2.24, 2.45) is 5.92 Å². The number of anilines is 1. The summed E-state index contributed by atoms with van der Waals surface area (Å²) in [5, 5.41) is 2.84. The lowest BCUT2D eigenvalue weighted by atomic mass is 10.1. The predicted octanol–water partition coefficient (Wildman–Crippen LogP) is 1.90. The summed E-state index contributed by atoms with van der Waals surface area (Å²) in [5.41, 5.74) is 3.57. The Morgan fingerprint density at radius 2 is 2.17 bits per heavy atom. The highest BCUT2D eigenvalue weighted by atomic mass is 16.1. The number of nitrogens with zero attached hydrogens (tertiary/aromatic N) is 2. The maximum Gasteiger partial charge on any atom is 0.326 e. The molecular formula is C17H22N4O2. The van der Waals surface area contributed by atoms with E-state index in [2.05, 4.69) is 22.1 Å². The topological polar surface area (TPSA) is 70.1 Å². The maximum atomic E-state index is 12.3. The first-order valence-electron chi connectivity index (χ1n) is 8.28. The number of carbonyl (C=O) groups is 1. The van der Waals surface area contributed by atoms with Crippen LogP contribution in [0.1, 0.15) is 32.3 Å². The van der Waals surface area contributed by atoms with Crippen molar-refractivity contribution < 1.29 is 4.79 Å². The maximum absolute atomic E-state index is 12.3. The molecule has 6 heteroatoms. The quantitative estimate of drug-likeness (QED) is 0.909. The molecule has 0 spiro atoms. The largest absolute Gasteiger partial charge is 0.326 e. The van der Waals surface area contributed by atoms with Crippen molar-refractivity contribution in [3.05, 3.63) is 28.2 Å². The number of rotatable bonds is 3. The molecule has 122 valence electrons. The first-order valence-corrected chi connectivity index (χ1v) is 8.28. The Balaban J connectivity index is 1.81. The van der Waals surface area contributed by atoms with Crippen LogP contribution in [0.4, 0.5) is 5.69 Å². The van der Waals surface area contributed by atoms with E-state index in [9.17, 15) is 9.59 Å². The van der Waals surface area contributed by atoms with Gasteiger partial charge in [-0.1, -0.05) is 0 Å². The number of carbonyl (C=O) groups excluding carboxylic acids is 1. The number of benzene rings is 1. The van der Waals surface area contributed by atoms with Crippen molar-refractivity contribution in [1.82, 2.24) is 14.5 Å². The normalized spacial score (nSPS) is 21.4. The summed E-state index contributed by atoms with van der Waals surface area (Å²) in [4.78, 5) is 29.1. The number of hydrogen-bond acceptors (Lipinski definition) is 3. The van der Waals surface area contributed by atoms with Crippen LogP contribution in [0, 0.1) is 5.92 Å². The minimum Gasteiger partial charge on any atom is -0.326 e. The third-order valence-corrected chi connectivity index (χ3v) is 4.90. The Kier molecular flexibility index (Phi) is 3.30. The van der Waals surface area contributed by atoms with E-state index in [0.717, 1.165) is 41.3 Å². The standard InChI is InChI=1S/C17H22N4O2/c1-10-7-21-16-13(9-20(10)8-12-3-4-12)5-14(18-11(2)22)6-15(16)19-17(21)23/h5-6,10,12H,3-4,7-9H2,1-2H3,(H,18,22)(H,19,23)/t10-/m0/s1. The van der Waals surface area contributed by atoms with Gasteiger partial charge >= 0.3 is 5.69 Å². The molecule has 2 aliphatic rings. The highest BCUT2D eigenvalue weighted by molar-refractivity contribution is 5.92. The first kappa shape index (κ1) is 14.5. The molecule has 0 radical (unpaired) electrons. The van der Waals surface area contributed by atoms with Gasteiger partial charge in [0.25, 0.3) is 0 Å². The van der Waals surface area contributed by atoms with E-state index >= 15 is 0 Å². The van der Waals surface area contributed by atoms with Crippen molar-refractivity contribution in [3.63, 3.8) is 0 Å². The molecule has 2 N–H and O–H groups in total. The Hall–Kier alpha value is -2.08. The van der Waals surface area contributed by atoms with Crippen LogP contribution in [0.2, 0.25) is 0 Å². The van der Waals surface area contributed by atoms with Crippen molar-refractivity contribution in [2.75, 3.05) is 11.9 Å². The molecule has 1 fully saturated rings. The van der Waals surface area contributed by atoms with Crippen LogP contribution in [0.5, 0.6) is 0 Å². The van der Waals surface area contributed by atoms with E-state index in [4.69, 9.17) is 0 Å². The number of H-pyrrole nitrogens is 1. The Morgan fingerprint density at radius 3 is 2.87 bits per heavy atom. The molecule has 0 bridgehead atoms. The summed E-state index contributed by atoms with van der Waals surface area (Å²) >= 11 is 0. The molecule has 1 saturated carbocycles. The Bertz CT molecular complexity index is 831. The summed E-state index contributed by atoms with van der Waals surface area (Å²) < 4.78 is 1.85. The average Bonchev–Trinajstić information content (AvgIpc) is 3.23. The van der Waals surface area contributed by atoms with Gasteiger partial charge in [-0.05, 0) is 43.4 Å². The van der Waals surface area contributed by atoms with Gasteiger partial charge in [0.15, 0.2) is 0 Å². The number of amides is 1. The molecule has 1 amide bonds. The average molecular weight is 314 g/mol. The van der Waals surface area contributed by atoms with Crippen LogP contribution in [-0.4, -0.2) is 32.9 Å². The minimum absolute atomic E-state index is 0.0682. The fraction of sp³-hybridized carbons (Fsp3) is 0.529. The lowest BCUT2D eigenvalue weighted by Crippen LogP contribution is -2.37. The van der Waals surface area contributed by atoms with Gasteiger partial charge in [-0.25, -0.2) is 4.79 Å². The third-order valence-electron chi connectivity index (χ3n) is 4.90. The molecule has 0 unspecified atom stereocenters. The third kappa shape index (κ3) is 2.67. The van der Waals surface area contributed by atoms with E-state index in [1.54, 1.807) is 0 Å². The van der Waals surface area contributed by atoms with Crippen molar-refractivity contribution in [3.8, 4) is 0 Å². The molecule has 2 heterocycles.